The maximum Gasteiger partial charge on any atom is 0.191 e. The second-order valence-corrected chi connectivity index (χ2v) is 5.46. The Morgan fingerprint density at radius 2 is 2.04 bits per heavy atom. The Bertz CT molecular complexity index is 606. The number of benzene rings is 1. The average molecular weight is 316 g/mol. The molecule has 5 nitrogen and oxygen atoms in total. The van der Waals surface area contributed by atoms with Crippen molar-refractivity contribution in [3.05, 3.63) is 36.5 Å². The molecule has 2 aromatic rings. The summed E-state index contributed by atoms with van der Waals surface area (Å²) >= 11 is 0. The molecule has 23 heavy (non-hydrogen) atoms. The van der Waals surface area contributed by atoms with Crippen molar-refractivity contribution in [3.8, 4) is 0 Å². The van der Waals surface area contributed by atoms with Gasteiger partial charge >= 0.3 is 0 Å². The van der Waals surface area contributed by atoms with Crippen molar-refractivity contribution in [2.24, 2.45) is 4.99 Å². The zero-order chi connectivity index (χ0) is 16.3. The summed E-state index contributed by atoms with van der Waals surface area (Å²) < 4.78 is 7.35. The van der Waals surface area contributed by atoms with Crippen molar-refractivity contribution < 1.29 is 4.74 Å². The minimum absolute atomic E-state index is 0.771. The molecule has 0 radical (unpaired) electrons. The molecular weight excluding hydrogens is 288 g/mol. The van der Waals surface area contributed by atoms with Crippen LogP contribution in [0.2, 0.25) is 0 Å². The van der Waals surface area contributed by atoms with Crippen LogP contribution in [-0.4, -0.2) is 43.9 Å². The molecule has 0 aliphatic heterocycles. The van der Waals surface area contributed by atoms with Crippen molar-refractivity contribution in [3.63, 3.8) is 0 Å². The van der Waals surface area contributed by atoms with Gasteiger partial charge in [0.05, 0.1) is 0 Å². The highest BCUT2D eigenvalue weighted by molar-refractivity contribution is 5.80. The van der Waals surface area contributed by atoms with E-state index < -0.39 is 0 Å². The Morgan fingerprint density at radius 3 is 2.87 bits per heavy atom. The standard InChI is InChI=1S/C18H28N4O/c1-3-19-18(21-12-7-15-23-2)20-11-6-13-22-14-10-16-8-4-5-9-17(16)22/h4-5,8-10,14H,3,6-7,11-13,15H2,1-2H3,(H2,19,20,21). The third-order valence-corrected chi connectivity index (χ3v) is 3.67. The van der Waals surface area contributed by atoms with Gasteiger partial charge in [0.25, 0.3) is 0 Å². The monoisotopic (exact) mass is 316 g/mol. The Hall–Kier alpha value is -2.01. The minimum atomic E-state index is 0.771. The lowest BCUT2D eigenvalue weighted by molar-refractivity contribution is 0.195. The molecule has 0 unspecified atom stereocenters. The van der Waals surface area contributed by atoms with Crippen molar-refractivity contribution in [2.45, 2.75) is 26.3 Å². The second kappa shape index (κ2) is 9.90. The minimum Gasteiger partial charge on any atom is -0.385 e. The fraction of sp³-hybridized carbons (Fsp3) is 0.500. The molecule has 0 fully saturated rings. The molecule has 0 atom stereocenters. The fourth-order valence-corrected chi connectivity index (χ4v) is 2.53. The van der Waals surface area contributed by atoms with Gasteiger partial charge in [-0.25, -0.2) is 0 Å². The van der Waals surface area contributed by atoms with E-state index in [0.717, 1.165) is 51.6 Å². The van der Waals surface area contributed by atoms with E-state index in [1.54, 1.807) is 7.11 Å². The van der Waals surface area contributed by atoms with Gasteiger partial charge in [-0.05, 0) is 37.3 Å². The van der Waals surface area contributed by atoms with E-state index in [2.05, 4.69) is 63.6 Å². The Morgan fingerprint density at radius 1 is 1.17 bits per heavy atom. The van der Waals surface area contributed by atoms with E-state index in [0.29, 0.717) is 0 Å². The molecule has 0 saturated heterocycles. The van der Waals surface area contributed by atoms with Gasteiger partial charge in [-0.1, -0.05) is 18.2 Å². The summed E-state index contributed by atoms with van der Waals surface area (Å²) in [5.41, 5.74) is 1.29. The summed E-state index contributed by atoms with van der Waals surface area (Å²) in [6.07, 6.45) is 4.16. The zero-order valence-corrected chi connectivity index (χ0v) is 14.2. The molecule has 0 amide bonds. The van der Waals surface area contributed by atoms with Gasteiger partial charge in [0.15, 0.2) is 5.96 Å². The summed E-state index contributed by atoms with van der Waals surface area (Å²) in [5, 5.41) is 7.90. The SMILES string of the molecule is CCNC(=NCCCn1ccc2ccccc21)NCCCOC. The van der Waals surface area contributed by atoms with Crippen LogP contribution in [0.25, 0.3) is 10.9 Å². The molecule has 5 heteroatoms. The second-order valence-electron chi connectivity index (χ2n) is 5.46. The molecular formula is C18H28N4O. The van der Waals surface area contributed by atoms with E-state index in [1.165, 1.54) is 10.9 Å². The molecule has 0 aliphatic rings. The number of aryl methyl sites for hydroxylation is 1. The van der Waals surface area contributed by atoms with Crippen molar-refractivity contribution >= 4 is 16.9 Å². The lowest BCUT2D eigenvalue weighted by Crippen LogP contribution is -2.38. The van der Waals surface area contributed by atoms with E-state index in [4.69, 9.17) is 4.74 Å². The first kappa shape index (κ1) is 17.3. The molecule has 0 spiro atoms. The van der Waals surface area contributed by atoms with Gasteiger partial charge in [0.2, 0.25) is 0 Å². The van der Waals surface area contributed by atoms with Crippen molar-refractivity contribution in [1.29, 1.82) is 0 Å². The summed E-state index contributed by atoms with van der Waals surface area (Å²) in [4.78, 5) is 4.63. The third-order valence-electron chi connectivity index (χ3n) is 3.67. The Kier molecular flexibility index (Phi) is 7.46. The maximum absolute atomic E-state index is 5.06. The number of para-hydroxylation sites is 1. The molecule has 1 aromatic heterocycles. The summed E-state index contributed by atoms with van der Waals surface area (Å²) in [6.45, 7) is 6.40. The number of ether oxygens (including phenoxy) is 1. The molecule has 0 bridgehead atoms. The molecule has 126 valence electrons. The number of rotatable bonds is 9. The van der Waals surface area contributed by atoms with E-state index in [-0.39, 0.29) is 0 Å². The van der Waals surface area contributed by atoms with Crippen LogP contribution in [-0.2, 0) is 11.3 Å². The first-order valence-electron chi connectivity index (χ1n) is 8.40. The normalized spacial score (nSPS) is 11.8. The number of methoxy groups -OCH3 is 1. The molecule has 0 saturated carbocycles. The largest absolute Gasteiger partial charge is 0.385 e. The number of aliphatic imine (C=N–C) groups is 1. The summed E-state index contributed by atoms with van der Waals surface area (Å²) in [7, 11) is 1.73. The highest BCUT2D eigenvalue weighted by Crippen LogP contribution is 2.15. The summed E-state index contributed by atoms with van der Waals surface area (Å²) in [6, 6.07) is 10.6. The smallest absolute Gasteiger partial charge is 0.191 e. The Labute approximate surface area is 138 Å². The van der Waals surface area contributed by atoms with Crippen LogP contribution in [0.1, 0.15) is 19.8 Å². The highest BCUT2D eigenvalue weighted by atomic mass is 16.5. The molecule has 1 heterocycles. The van der Waals surface area contributed by atoms with Crippen LogP contribution >= 0.6 is 0 Å². The van der Waals surface area contributed by atoms with Crippen molar-refractivity contribution in [1.82, 2.24) is 15.2 Å². The van der Waals surface area contributed by atoms with Crippen LogP contribution in [0, 0.1) is 0 Å². The third kappa shape index (κ3) is 5.60. The lowest BCUT2D eigenvalue weighted by Gasteiger charge is -2.11. The van der Waals surface area contributed by atoms with Crippen LogP contribution in [0.15, 0.2) is 41.5 Å². The maximum atomic E-state index is 5.06. The first-order chi connectivity index (χ1) is 11.3. The topological polar surface area (TPSA) is 50.6 Å². The van der Waals surface area contributed by atoms with E-state index in [1.807, 2.05) is 0 Å². The van der Waals surface area contributed by atoms with Crippen LogP contribution in [0.3, 0.4) is 0 Å². The van der Waals surface area contributed by atoms with Crippen molar-refractivity contribution in [2.75, 3.05) is 33.4 Å². The van der Waals surface area contributed by atoms with E-state index >= 15 is 0 Å². The van der Waals surface area contributed by atoms with Gasteiger partial charge in [-0.15, -0.1) is 0 Å². The zero-order valence-electron chi connectivity index (χ0n) is 14.2. The van der Waals surface area contributed by atoms with E-state index in [9.17, 15) is 0 Å². The Balaban J connectivity index is 1.78. The van der Waals surface area contributed by atoms with Crippen LogP contribution in [0.4, 0.5) is 0 Å². The number of nitrogens with one attached hydrogen (secondary N) is 2. The van der Waals surface area contributed by atoms with Gasteiger partial charge in [-0.3, -0.25) is 4.99 Å². The number of nitrogens with zero attached hydrogens (tertiary/aromatic N) is 2. The molecule has 2 N–H and O–H groups in total. The number of hydrogen-bond donors (Lipinski definition) is 2. The predicted molar refractivity (Wildman–Crippen MR) is 97.0 cm³/mol. The molecule has 1 aromatic carbocycles. The lowest BCUT2D eigenvalue weighted by atomic mass is 10.2. The van der Waals surface area contributed by atoms with Gasteiger partial charge in [-0.2, -0.15) is 0 Å². The van der Waals surface area contributed by atoms with Crippen LogP contribution < -0.4 is 10.6 Å². The summed E-state index contributed by atoms with van der Waals surface area (Å²) in [5.74, 6) is 0.890. The number of fused-ring (bicyclic) bond motifs is 1. The first-order valence-corrected chi connectivity index (χ1v) is 8.40. The van der Waals surface area contributed by atoms with Gasteiger partial charge < -0.3 is 19.9 Å². The predicted octanol–water partition coefficient (Wildman–Crippen LogP) is 2.62. The molecule has 0 aliphatic carbocycles. The van der Waals surface area contributed by atoms with Gasteiger partial charge in [0.1, 0.15) is 0 Å². The average Bonchev–Trinajstić information content (AvgIpc) is 2.98. The molecule has 2 rings (SSSR count). The fourth-order valence-electron chi connectivity index (χ4n) is 2.53. The number of guanidine groups is 1. The quantitative estimate of drug-likeness (QED) is 0.425. The highest BCUT2D eigenvalue weighted by Gasteiger charge is 2.00. The van der Waals surface area contributed by atoms with Gasteiger partial charge in [0, 0.05) is 51.6 Å². The van der Waals surface area contributed by atoms with Crippen LogP contribution in [0.5, 0.6) is 0 Å². The number of aromatic nitrogens is 1. The number of hydrogen-bond acceptors (Lipinski definition) is 2.